The number of methoxy groups -OCH3 is 1. The predicted octanol–water partition coefficient (Wildman–Crippen LogP) is 4.91. The van der Waals surface area contributed by atoms with E-state index >= 15 is 0 Å². The van der Waals surface area contributed by atoms with Gasteiger partial charge in [0, 0.05) is 18.9 Å². The zero-order valence-corrected chi connectivity index (χ0v) is 22.4. The SMILES string of the molecule is CNC(=O)c1nc(Br)ccc1Nc1nc(Nc2ccc(CC(C)[PH](=O)O)cc2OC)ncc1C(F)(F)F. The topological polar surface area (TPSA) is 138 Å². The van der Waals surface area contributed by atoms with E-state index in [0.717, 1.165) is 5.56 Å². The van der Waals surface area contributed by atoms with Gasteiger partial charge in [0.15, 0.2) is 13.7 Å². The van der Waals surface area contributed by atoms with E-state index in [1.165, 1.54) is 26.3 Å². The molecule has 10 nitrogen and oxygen atoms in total. The number of halogens is 4. The van der Waals surface area contributed by atoms with Gasteiger partial charge in [-0.3, -0.25) is 9.36 Å². The van der Waals surface area contributed by atoms with Crippen LogP contribution in [0.25, 0.3) is 0 Å². The van der Waals surface area contributed by atoms with Crippen LogP contribution < -0.4 is 20.7 Å². The molecule has 2 unspecified atom stereocenters. The Morgan fingerprint density at radius 2 is 1.89 bits per heavy atom. The molecule has 0 aliphatic rings. The van der Waals surface area contributed by atoms with Crippen LogP contribution in [-0.2, 0) is 17.2 Å². The van der Waals surface area contributed by atoms with Crippen LogP contribution in [0.3, 0.4) is 0 Å². The highest BCUT2D eigenvalue weighted by atomic mass is 79.9. The van der Waals surface area contributed by atoms with E-state index in [1.54, 1.807) is 25.1 Å². The number of aromatic nitrogens is 3. The molecule has 1 aromatic carbocycles. The molecular weight excluding hydrogens is 580 g/mol. The standard InChI is InChI=1S/C22H23BrF3N6O4P/c1-11(37(34)35)8-12-4-5-14(16(9-12)36-3)30-21-28-10-13(22(24,25)26)19(32-21)29-15-6-7-17(23)31-18(15)20(33)27-2/h4-7,9-11,37H,8H2,1-3H3,(H,27,33)(H,34,35)(H2,28,29,30,32). The fraction of sp³-hybridized carbons (Fsp3) is 0.273. The first-order valence-electron chi connectivity index (χ1n) is 10.7. The largest absolute Gasteiger partial charge is 0.495 e. The van der Waals surface area contributed by atoms with Crippen LogP contribution in [0.5, 0.6) is 5.75 Å². The van der Waals surface area contributed by atoms with Crippen LogP contribution >= 0.6 is 24.0 Å². The van der Waals surface area contributed by atoms with Crippen LogP contribution in [0.15, 0.2) is 41.1 Å². The van der Waals surface area contributed by atoms with Gasteiger partial charge < -0.3 is 25.6 Å². The molecule has 2 aromatic heterocycles. The average molecular weight is 603 g/mol. The maximum absolute atomic E-state index is 13.7. The number of rotatable bonds is 9. The maximum Gasteiger partial charge on any atom is 0.421 e. The molecule has 0 aliphatic carbocycles. The molecule has 37 heavy (non-hydrogen) atoms. The van der Waals surface area contributed by atoms with Crippen molar-refractivity contribution in [1.29, 1.82) is 0 Å². The Balaban J connectivity index is 1.98. The minimum absolute atomic E-state index is 0.00285. The quantitative estimate of drug-likeness (QED) is 0.199. The molecule has 3 rings (SSSR count). The van der Waals surface area contributed by atoms with Gasteiger partial charge >= 0.3 is 6.18 Å². The molecule has 4 N–H and O–H groups in total. The van der Waals surface area contributed by atoms with Crippen LogP contribution in [0.1, 0.15) is 28.5 Å². The summed E-state index contributed by atoms with van der Waals surface area (Å²) in [6.45, 7) is 1.65. The minimum atomic E-state index is -4.79. The number of nitrogens with one attached hydrogen (secondary N) is 3. The molecular formula is C22H23BrF3N6O4P. The number of alkyl halides is 3. The van der Waals surface area contributed by atoms with Crippen LogP contribution in [0.2, 0.25) is 0 Å². The first-order chi connectivity index (χ1) is 17.4. The van der Waals surface area contributed by atoms with Gasteiger partial charge in [0.25, 0.3) is 5.91 Å². The molecule has 2 atom stereocenters. The molecule has 0 aliphatic heterocycles. The van der Waals surface area contributed by atoms with Crippen molar-refractivity contribution in [2.45, 2.75) is 25.2 Å². The Bertz CT molecular complexity index is 1330. The third kappa shape index (κ3) is 7.18. The summed E-state index contributed by atoms with van der Waals surface area (Å²) in [5.41, 5.74) is -0.639. The van der Waals surface area contributed by atoms with Crippen molar-refractivity contribution in [3.05, 3.63) is 58.0 Å². The van der Waals surface area contributed by atoms with Crippen molar-refractivity contribution in [2.24, 2.45) is 0 Å². The Kier molecular flexibility index (Phi) is 9.11. The van der Waals surface area contributed by atoms with E-state index in [-0.39, 0.29) is 17.3 Å². The zero-order valence-electron chi connectivity index (χ0n) is 19.8. The Morgan fingerprint density at radius 1 is 1.19 bits per heavy atom. The molecule has 0 spiro atoms. The molecule has 2 heterocycles. The van der Waals surface area contributed by atoms with E-state index in [0.29, 0.717) is 28.7 Å². The number of amides is 1. The number of anilines is 4. The summed E-state index contributed by atoms with van der Waals surface area (Å²) in [6.07, 6.45) is -3.84. The summed E-state index contributed by atoms with van der Waals surface area (Å²) < 4.78 is 58.2. The third-order valence-electron chi connectivity index (χ3n) is 5.13. The summed E-state index contributed by atoms with van der Waals surface area (Å²) in [5, 5.41) is 7.76. The van der Waals surface area contributed by atoms with Gasteiger partial charge in [-0.1, -0.05) is 13.0 Å². The fourth-order valence-electron chi connectivity index (χ4n) is 3.23. The van der Waals surface area contributed by atoms with Crippen LogP contribution in [0, 0.1) is 0 Å². The number of carbonyl (C=O) groups excluding carboxylic acids is 1. The monoisotopic (exact) mass is 602 g/mol. The number of hydrogen-bond donors (Lipinski definition) is 4. The van der Waals surface area contributed by atoms with Crippen molar-refractivity contribution in [1.82, 2.24) is 20.3 Å². The Hall–Kier alpha value is -3.22. The second-order valence-corrected chi connectivity index (χ2v) is 10.3. The normalized spacial score (nSPS) is 13.0. The molecule has 3 aromatic rings. The second-order valence-electron chi connectivity index (χ2n) is 7.79. The highest BCUT2D eigenvalue weighted by Crippen LogP contribution is 2.37. The minimum Gasteiger partial charge on any atom is -0.495 e. The third-order valence-corrected chi connectivity index (χ3v) is 6.62. The van der Waals surface area contributed by atoms with Crippen molar-refractivity contribution in [3.8, 4) is 5.75 Å². The molecule has 0 radical (unpaired) electrons. The Morgan fingerprint density at radius 3 is 2.51 bits per heavy atom. The van der Waals surface area contributed by atoms with Gasteiger partial charge in [0.2, 0.25) is 5.95 Å². The zero-order chi connectivity index (χ0) is 27.3. The van der Waals surface area contributed by atoms with Gasteiger partial charge in [0.05, 0.1) is 18.5 Å². The number of hydrogen-bond acceptors (Lipinski definition) is 8. The van der Waals surface area contributed by atoms with Crippen molar-refractivity contribution < 1.29 is 32.2 Å². The van der Waals surface area contributed by atoms with Gasteiger partial charge in [-0.15, -0.1) is 0 Å². The number of pyridine rings is 1. The van der Waals surface area contributed by atoms with E-state index < -0.39 is 37.2 Å². The maximum atomic E-state index is 13.7. The van der Waals surface area contributed by atoms with E-state index in [2.05, 4.69) is 46.8 Å². The number of nitrogens with zero attached hydrogens (tertiary/aromatic N) is 3. The van der Waals surface area contributed by atoms with Gasteiger partial charge in [-0.25, -0.2) is 9.97 Å². The van der Waals surface area contributed by atoms with Gasteiger partial charge in [0.1, 0.15) is 21.7 Å². The van der Waals surface area contributed by atoms with Gasteiger partial charge in [-0.05, 0) is 52.2 Å². The highest BCUT2D eigenvalue weighted by molar-refractivity contribution is 9.10. The lowest BCUT2D eigenvalue weighted by atomic mass is 10.1. The molecule has 0 saturated carbocycles. The molecule has 0 fully saturated rings. The lowest BCUT2D eigenvalue weighted by Crippen LogP contribution is -2.21. The molecule has 0 saturated heterocycles. The fourth-order valence-corrected chi connectivity index (χ4v) is 3.95. The van der Waals surface area contributed by atoms with Crippen LogP contribution in [-0.4, -0.2) is 45.6 Å². The number of ether oxygens (including phenoxy) is 1. The number of benzene rings is 1. The van der Waals surface area contributed by atoms with E-state index in [9.17, 15) is 27.4 Å². The van der Waals surface area contributed by atoms with E-state index in [4.69, 9.17) is 4.74 Å². The highest BCUT2D eigenvalue weighted by Gasteiger charge is 2.36. The molecule has 15 heteroatoms. The lowest BCUT2D eigenvalue weighted by Gasteiger charge is -2.17. The summed E-state index contributed by atoms with van der Waals surface area (Å²) in [4.78, 5) is 33.4. The first-order valence-corrected chi connectivity index (χ1v) is 12.9. The summed E-state index contributed by atoms with van der Waals surface area (Å²) in [5.74, 6) is -1.06. The smallest absolute Gasteiger partial charge is 0.421 e. The summed E-state index contributed by atoms with van der Waals surface area (Å²) in [7, 11) is 0.0706. The molecule has 0 bridgehead atoms. The van der Waals surface area contributed by atoms with Crippen molar-refractivity contribution >= 4 is 53.0 Å². The second kappa shape index (κ2) is 11.9. The van der Waals surface area contributed by atoms with Crippen molar-refractivity contribution in [2.75, 3.05) is 24.8 Å². The average Bonchev–Trinajstić information content (AvgIpc) is 2.84. The summed E-state index contributed by atoms with van der Waals surface area (Å²) >= 11 is 3.14. The van der Waals surface area contributed by atoms with E-state index in [1.807, 2.05) is 0 Å². The van der Waals surface area contributed by atoms with Gasteiger partial charge in [-0.2, -0.15) is 18.2 Å². The lowest BCUT2D eigenvalue weighted by molar-refractivity contribution is -0.137. The molecule has 198 valence electrons. The van der Waals surface area contributed by atoms with Crippen LogP contribution in [0.4, 0.5) is 36.3 Å². The number of carbonyl (C=O) groups is 1. The molecule has 1 amide bonds. The predicted molar refractivity (Wildman–Crippen MR) is 136 cm³/mol. The van der Waals surface area contributed by atoms with Crippen molar-refractivity contribution in [3.63, 3.8) is 0 Å². The Labute approximate surface area is 219 Å². The summed E-state index contributed by atoms with van der Waals surface area (Å²) in [6, 6.07) is 7.80. The first kappa shape index (κ1) is 28.4.